The zero-order chi connectivity index (χ0) is 13.2. The molecule has 0 aliphatic heterocycles. The third-order valence-electron chi connectivity index (χ3n) is 2.62. The Morgan fingerprint density at radius 3 is 2.79 bits per heavy atom. The summed E-state index contributed by atoms with van der Waals surface area (Å²) in [6, 6.07) is 13.9. The second-order valence-corrected chi connectivity index (χ2v) is 5.02. The van der Waals surface area contributed by atoms with E-state index >= 15 is 0 Å². The predicted octanol–water partition coefficient (Wildman–Crippen LogP) is 3.25. The maximum Gasteiger partial charge on any atom is 0.257 e. The molecule has 2 aromatic carbocycles. The van der Waals surface area contributed by atoms with Crippen LogP contribution in [-0.2, 0) is 0 Å². The lowest BCUT2D eigenvalue weighted by Crippen LogP contribution is -2.11. The first-order valence-electron chi connectivity index (χ1n) is 5.68. The highest BCUT2D eigenvalue weighted by Gasteiger charge is 2.09. The second-order valence-electron chi connectivity index (χ2n) is 3.99. The van der Waals surface area contributed by atoms with Crippen LogP contribution in [-0.4, -0.2) is 16.0 Å². The van der Waals surface area contributed by atoms with E-state index in [2.05, 4.69) is 10.3 Å². The number of hydrogen-bond acceptors (Lipinski definition) is 4. The summed E-state index contributed by atoms with van der Waals surface area (Å²) >= 11 is 1.42. The van der Waals surface area contributed by atoms with Crippen LogP contribution in [0.4, 0.5) is 5.13 Å². The van der Waals surface area contributed by atoms with Crippen LogP contribution in [0.3, 0.4) is 0 Å². The van der Waals surface area contributed by atoms with Gasteiger partial charge in [0.2, 0.25) is 0 Å². The Morgan fingerprint density at radius 1 is 1.16 bits per heavy atom. The van der Waals surface area contributed by atoms with Gasteiger partial charge >= 0.3 is 0 Å². The van der Waals surface area contributed by atoms with E-state index in [0.29, 0.717) is 10.7 Å². The fraction of sp³-hybridized carbons (Fsp3) is 0. The third kappa shape index (κ3) is 2.41. The number of fused-ring (bicyclic) bond motifs is 1. The molecule has 0 atom stereocenters. The molecule has 0 spiro atoms. The lowest BCUT2D eigenvalue weighted by molar-refractivity contribution is 0.102. The van der Waals surface area contributed by atoms with Gasteiger partial charge in [0.1, 0.15) is 5.75 Å². The molecule has 5 heteroatoms. The standard InChI is InChI=1S/C14H10N2O2S/c17-10-5-3-4-9(8-10)13(18)16-14-15-11-6-1-2-7-12(11)19-14/h1-8,17H,(H,15,16,18). The summed E-state index contributed by atoms with van der Waals surface area (Å²) in [5, 5.41) is 12.6. The monoisotopic (exact) mass is 270 g/mol. The minimum Gasteiger partial charge on any atom is -0.508 e. The number of para-hydroxylation sites is 1. The molecule has 0 aliphatic rings. The zero-order valence-electron chi connectivity index (χ0n) is 9.83. The summed E-state index contributed by atoms with van der Waals surface area (Å²) in [6.07, 6.45) is 0. The number of phenols is 1. The topological polar surface area (TPSA) is 62.2 Å². The fourth-order valence-corrected chi connectivity index (χ4v) is 2.60. The molecule has 0 radical (unpaired) electrons. The number of thiazole rings is 1. The van der Waals surface area contributed by atoms with Gasteiger partial charge in [-0.2, -0.15) is 0 Å². The second kappa shape index (κ2) is 4.70. The van der Waals surface area contributed by atoms with Crippen molar-refractivity contribution in [2.24, 2.45) is 0 Å². The molecule has 1 amide bonds. The van der Waals surface area contributed by atoms with E-state index in [9.17, 15) is 9.90 Å². The Balaban J connectivity index is 1.86. The van der Waals surface area contributed by atoms with Crippen molar-refractivity contribution in [3.8, 4) is 5.75 Å². The highest BCUT2D eigenvalue weighted by Crippen LogP contribution is 2.25. The molecule has 94 valence electrons. The highest BCUT2D eigenvalue weighted by molar-refractivity contribution is 7.22. The minimum atomic E-state index is -0.282. The van der Waals surface area contributed by atoms with Gasteiger partial charge in [-0.15, -0.1) is 0 Å². The first-order chi connectivity index (χ1) is 9.22. The number of benzene rings is 2. The Labute approximate surface area is 113 Å². The van der Waals surface area contributed by atoms with E-state index in [1.165, 1.54) is 23.5 Å². The van der Waals surface area contributed by atoms with Gasteiger partial charge in [0, 0.05) is 5.56 Å². The molecule has 0 fully saturated rings. The average molecular weight is 270 g/mol. The molecule has 3 aromatic rings. The normalized spacial score (nSPS) is 10.5. The number of aromatic hydroxyl groups is 1. The van der Waals surface area contributed by atoms with Crippen LogP contribution in [0.15, 0.2) is 48.5 Å². The maximum atomic E-state index is 12.0. The van der Waals surface area contributed by atoms with Crippen LogP contribution < -0.4 is 5.32 Å². The van der Waals surface area contributed by atoms with Crippen molar-refractivity contribution in [1.82, 2.24) is 4.98 Å². The van der Waals surface area contributed by atoms with Gasteiger partial charge in [-0.05, 0) is 30.3 Å². The molecule has 0 aliphatic carbocycles. The lowest BCUT2D eigenvalue weighted by atomic mass is 10.2. The molecule has 2 N–H and O–H groups in total. The minimum absolute atomic E-state index is 0.0666. The summed E-state index contributed by atoms with van der Waals surface area (Å²) in [5.41, 5.74) is 1.26. The van der Waals surface area contributed by atoms with Crippen molar-refractivity contribution < 1.29 is 9.90 Å². The molecule has 1 aromatic heterocycles. The number of anilines is 1. The quantitative estimate of drug-likeness (QED) is 0.751. The van der Waals surface area contributed by atoms with E-state index in [4.69, 9.17) is 0 Å². The van der Waals surface area contributed by atoms with Gasteiger partial charge in [0.25, 0.3) is 5.91 Å². The molecule has 3 rings (SSSR count). The highest BCUT2D eigenvalue weighted by atomic mass is 32.1. The van der Waals surface area contributed by atoms with Crippen molar-refractivity contribution in [1.29, 1.82) is 0 Å². The Bertz CT molecular complexity index is 719. The number of rotatable bonds is 2. The van der Waals surface area contributed by atoms with Gasteiger partial charge in [0.15, 0.2) is 5.13 Å². The van der Waals surface area contributed by atoms with Gasteiger partial charge < -0.3 is 5.11 Å². The number of phenolic OH excluding ortho intramolecular Hbond substituents is 1. The Morgan fingerprint density at radius 2 is 2.00 bits per heavy atom. The molecule has 0 bridgehead atoms. The summed E-state index contributed by atoms with van der Waals surface area (Å²) in [7, 11) is 0. The summed E-state index contributed by atoms with van der Waals surface area (Å²) in [6.45, 7) is 0. The first-order valence-corrected chi connectivity index (χ1v) is 6.50. The molecular formula is C14H10N2O2S. The summed E-state index contributed by atoms with van der Waals surface area (Å²) in [5.74, 6) is -0.216. The molecular weight excluding hydrogens is 260 g/mol. The number of nitrogens with zero attached hydrogens (tertiary/aromatic N) is 1. The van der Waals surface area contributed by atoms with Gasteiger partial charge in [-0.3, -0.25) is 10.1 Å². The van der Waals surface area contributed by atoms with Gasteiger partial charge in [-0.25, -0.2) is 4.98 Å². The van der Waals surface area contributed by atoms with E-state index in [1.54, 1.807) is 12.1 Å². The van der Waals surface area contributed by atoms with Crippen molar-refractivity contribution in [3.05, 3.63) is 54.1 Å². The van der Waals surface area contributed by atoms with E-state index < -0.39 is 0 Å². The van der Waals surface area contributed by atoms with Crippen molar-refractivity contribution in [2.45, 2.75) is 0 Å². The molecule has 0 unspecified atom stereocenters. The summed E-state index contributed by atoms with van der Waals surface area (Å²) in [4.78, 5) is 16.3. The van der Waals surface area contributed by atoms with Crippen molar-refractivity contribution >= 4 is 32.6 Å². The molecule has 19 heavy (non-hydrogen) atoms. The van der Waals surface area contributed by atoms with Crippen LogP contribution >= 0.6 is 11.3 Å². The van der Waals surface area contributed by atoms with Crippen molar-refractivity contribution in [3.63, 3.8) is 0 Å². The molecule has 0 saturated carbocycles. The van der Waals surface area contributed by atoms with E-state index in [0.717, 1.165) is 10.2 Å². The molecule has 0 saturated heterocycles. The number of carbonyl (C=O) groups excluding carboxylic acids is 1. The fourth-order valence-electron chi connectivity index (χ4n) is 1.74. The van der Waals surface area contributed by atoms with E-state index in [-0.39, 0.29) is 11.7 Å². The van der Waals surface area contributed by atoms with Crippen LogP contribution in [0.5, 0.6) is 5.75 Å². The third-order valence-corrected chi connectivity index (χ3v) is 3.57. The van der Waals surface area contributed by atoms with Gasteiger partial charge in [0.05, 0.1) is 10.2 Å². The number of carbonyl (C=O) groups is 1. The Kier molecular flexibility index (Phi) is 2.89. The first kappa shape index (κ1) is 11.7. The van der Waals surface area contributed by atoms with Crippen LogP contribution in [0.25, 0.3) is 10.2 Å². The number of aromatic nitrogens is 1. The lowest BCUT2D eigenvalue weighted by Gasteiger charge is -2.01. The van der Waals surface area contributed by atoms with Crippen molar-refractivity contribution in [2.75, 3.05) is 5.32 Å². The maximum absolute atomic E-state index is 12.0. The van der Waals surface area contributed by atoms with E-state index in [1.807, 2.05) is 24.3 Å². The number of hydrogen-bond donors (Lipinski definition) is 2. The number of nitrogens with one attached hydrogen (secondary N) is 1. The smallest absolute Gasteiger partial charge is 0.257 e. The van der Waals surface area contributed by atoms with Crippen LogP contribution in [0.2, 0.25) is 0 Å². The zero-order valence-corrected chi connectivity index (χ0v) is 10.6. The van der Waals surface area contributed by atoms with Crippen LogP contribution in [0, 0.1) is 0 Å². The Hall–Kier alpha value is -2.40. The summed E-state index contributed by atoms with van der Waals surface area (Å²) < 4.78 is 1.02. The van der Waals surface area contributed by atoms with Gasteiger partial charge in [-0.1, -0.05) is 29.5 Å². The molecule has 1 heterocycles. The SMILES string of the molecule is O=C(Nc1nc2ccccc2s1)c1cccc(O)c1. The number of amides is 1. The predicted molar refractivity (Wildman–Crippen MR) is 75.7 cm³/mol. The average Bonchev–Trinajstić information content (AvgIpc) is 2.80. The molecule has 4 nitrogen and oxygen atoms in total. The largest absolute Gasteiger partial charge is 0.508 e. The van der Waals surface area contributed by atoms with Crippen LogP contribution in [0.1, 0.15) is 10.4 Å².